The fraction of sp³-hybridized carbons (Fsp3) is 0.316. The molecule has 0 unspecified atom stereocenters. The molecule has 0 aliphatic heterocycles. The second-order valence-corrected chi connectivity index (χ2v) is 6.15. The average Bonchev–Trinajstić information content (AvgIpc) is 2.53. The predicted molar refractivity (Wildman–Crippen MR) is 99.7 cm³/mol. The number of alkyl halides is 3. The predicted octanol–water partition coefficient (Wildman–Crippen LogP) is 4.55. The molecule has 0 heterocycles. The van der Waals surface area contributed by atoms with Crippen LogP contribution >= 0.6 is 12.4 Å². The first-order valence-electron chi connectivity index (χ1n) is 7.93. The molecule has 2 N–H and O–H groups in total. The highest BCUT2D eigenvalue weighted by molar-refractivity contribution is 5.96. The number of hydrogen-bond acceptors (Lipinski definition) is 2. The number of benzene rings is 2. The molecule has 0 radical (unpaired) electrons. The van der Waals surface area contributed by atoms with E-state index >= 15 is 0 Å². The van der Waals surface area contributed by atoms with Crippen LogP contribution in [0.1, 0.15) is 27.0 Å². The highest BCUT2D eigenvalue weighted by Crippen LogP contribution is 2.21. The first-order chi connectivity index (χ1) is 11.7. The Morgan fingerprint density at radius 3 is 2.27 bits per heavy atom. The summed E-state index contributed by atoms with van der Waals surface area (Å²) in [5.41, 5.74) is 8.78. The third-order valence-electron chi connectivity index (χ3n) is 3.94. The van der Waals surface area contributed by atoms with Gasteiger partial charge in [-0.25, -0.2) is 0 Å². The summed E-state index contributed by atoms with van der Waals surface area (Å²) >= 11 is 0. The molecule has 26 heavy (non-hydrogen) atoms. The summed E-state index contributed by atoms with van der Waals surface area (Å²) in [6.45, 7) is 2.31. The number of anilines is 1. The molecule has 7 heteroatoms. The molecule has 0 aliphatic carbocycles. The summed E-state index contributed by atoms with van der Waals surface area (Å²) in [4.78, 5) is 13.5. The molecule has 0 fully saturated rings. The van der Waals surface area contributed by atoms with Crippen molar-refractivity contribution >= 4 is 24.0 Å². The maximum atomic E-state index is 12.9. The number of nitrogen functional groups attached to an aromatic ring is 1. The lowest BCUT2D eigenvalue weighted by Crippen LogP contribution is -2.40. The van der Waals surface area contributed by atoms with Crippen molar-refractivity contribution in [3.05, 3.63) is 64.7 Å². The molecule has 0 aromatic heterocycles. The number of nitrogens with two attached hydrogens (primary N) is 1. The lowest BCUT2D eigenvalue weighted by Gasteiger charge is -2.25. The lowest BCUT2D eigenvalue weighted by molar-refractivity contribution is -0.140. The fourth-order valence-corrected chi connectivity index (χ4v) is 2.53. The summed E-state index contributed by atoms with van der Waals surface area (Å²) in [6, 6.07) is 12.2. The third kappa shape index (κ3) is 6.26. The molecular formula is C19H22ClF3N2O. The zero-order chi connectivity index (χ0) is 18.6. The minimum Gasteiger partial charge on any atom is -0.399 e. The first-order valence-corrected chi connectivity index (χ1v) is 7.93. The van der Waals surface area contributed by atoms with E-state index in [1.54, 1.807) is 19.1 Å². The van der Waals surface area contributed by atoms with Crippen LogP contribution in [0.5, 0.6) is 0 Å². The van der Waals surface area contributed by atoms with Crippen LogP contribution in [0.2, 0.25) is 0 Å². The maximum Gasteiger partial charge on any atom is 0.406 e. The van der Waals surface area contributed by atoms with E-state index in [0.29, 0.717) is 17.7 Å². The van der Waals surface area contributed by atoms with Gasteiger partial charge in [-0.2, -0.15) is 13.2 Å². The SMILES string of the molecule is Cc1ccc(CCN(CC(F)(F)F)C(=O)c2cc(N)ccc2C)cc1.Cl. The van der Waals surface area contributed by atoms with Gasteiger partial charge in [0.05, 0.1) is 0 Å². The van der Waals surface area contributed by atoms with Gasteiger partial charge in [0.1, 0.15) is 6.54 Å². The van der Waals surface area contributed by atoms with Crippen LogP contribution in [0, 0.1) is 13.8 Å². The Morgan fingerprint density at radius 1 is 1.08 bits per heavy atom. The van der Waals surface area contributed by atoms with Gasteiger partial charge >= 0.3 is 6.18 Å². The van der Waals surface area contributed by atoms with Gasteiger partial charge in [0, 0.05) is 17.8 Å². The largest absolute Gasteiger partial charge is 0.406 e. The van der Waals surface area contributed by atoms with Crippen LogP contribution < -0.4 is 5.73 Å². The monoisotopic (exact) mass is 386 g/mol. The second-order valence-electron chi connectivity index (χ2n) is 6.15. The minimum atomic E-state index is -4.46. The van der Waals surface area contributed by atoms with Crippen molar-refractivity contribution in [2.45, 2.75) is 26.4 Å². The highest BCUT2D eigenvalue weighted by Gasteiger charge is 2.33. The average molecular weight is 387 g/mol. The van der Waals surface area contributed by atoms with Crippen molar-refractivity contribution in [3.8, 4) is 0 Å². The number of amides is 1. The molecule has 1 amide bonds. The number of rotatable bonds is 5. The Balaban J connectivity index is 0.00000338. The molecule has 3 nitrogen and oxygen atoms in total. The lowest BCUT2D eigenvalue weighted by atomic mass is 10.1. The summed E-state index contributed by atoms with van der Waals surface area (Å²) in [5.74, 6) is -0.658. The highest BCUT2D eigenvalue weighted by atomic mass is 35.5. The molecule has 0 saturated carbocycles. The first kappa shape index (κ1) is 21.8. The van der Waals surface area contributed by atoms with Crippen molar-refractivity contribution in [2.75, 3.05) is 18.8 Å². The van der Waals surface area contributed by atoms with E-state index < -0.39 is 18.6 Å². The van der Waals surface area contributed by atoms with Gasteiger partial charge in [-0.05, 0) is 43.5 Å². The Bertz CT molecular complexity index is 745. The van der Waals surface area contributed by atoms with Crippen LogP contribution in [0.3, 0.4) is 0 Å². The Morgan fingerprint density at radius 2 is 1.69 bits per heavy atom. The second kappa shape index (κ2) is 8.94. The van der Waals surface area contributed by atoms with Crippen molar-refractivity contribution in [2.24, 2.45) is 0 Å². The van der Waals surface area contributed by atoms with Crippen molar-refractivity contribution in [1.29, 1.82) is 0 Å². The number of hydrogen-bond donors (Lipinski definition) is 1. The van der Waals surface area contributed by atoms with Crippen molar-refractivity contribution in [3.63, 3.8) is 0 Å². The van der Waals surface area contributed by atoms with Gasteiger partial charge in [-0.15, -0.1) is 12.4 Å². The zero-order valence-corrected chi connectivity index (χ0v) is 15.5. The Kier molecular flexibility index (Phi) is 7.51. The molecule has 2 rings (SSSR count). The molecule has 0 aliphatic rings. The molecule has 0 bridgehead atoms. The molecule has 2 aromatic rings. The number of carbonyl (C=O) groups excluding carboxylic acids is 1. The van der Waals surface area contributed by atoms with E-state index in [0.717, 1.165) is 16.0 Å². The zero-order valence-electron chi connectivity index (χ0n) is 14.6. The van der Waals surface area contributed by atoms with Crippen LogP contribution in [0.25, 0.3) is 0 Å². The fourth-order valence-electron chi connectivity index (χ4n) is 2.53. The molecular weight excluding hydrogens is 365 g/mol. The quantitative estimate of drug-likeness (QED) is 0.766. The summed E-state index contributed by atoms with van der Waals surface area (Å²) in [7, 11) is 0. The van der Waals surface area contributed by atoms with E-state index in [4.69, 9.17) is 5.73 Å². The van der Waals surface area contributed by atoms with Gasteiger partial charge in [0.15, 0.2) is 0 Å². The van der Waals surface area contributed by atoms with Crippen LogP contribution in [0.4, 0.5) is 18.9 Å². The van der Waals surface area contributed by atoms with Gasteiger partial charge in [-0.1, -0.05) is 35.9 Å². The van der Waals surface area contributed by atoms with Crippen LogP contribution in [-0.2, 0) is 6.42 Å². The van der Waals surface area contributed by atoms with Crippen LogP contribution in [-0.4, -0.2) is 30.1 Å². The maximum absolute atomic E-state index is 12.9. The van der Waals surface area contributed by atoms with Crippen LogP contribution in [0.15, 0.2) is 42.5 Å². The summed E-state index contributed by atoms with van der Waals surface area (Å²) in [5, 5.41) is 0. The standard InChI is InChI=1S/C19H21F3N2O.ClH/c1-13-3-6-15(7-4-13)9-10-24(12-19(20,21)22)18(25)17-11-16(23)8-5-14(17)2;/h3-8,11H,9-10,12,23H2,1-2H3;1H. The van der Waals surface area contributed by atoms with Gasteiger partial charge < -0.3 is 10.6 Å². The number of aryl methyl sites for hydroxylation is 2. The van der Waals surface area contributed by atoms with E-state index in [-0.39, 0.29) is 24.5 Å². The molecule has 142 valence electrons. The number of nitrogens with zero attached hydrogens (tertiary/aromatic N) is 1. The molecule has 2 aromatic carbocycles. The molecule has 0 atom stereocenters. The van der Waals surface area contributed by atoms with Gasteiger partial charge in [0.25, 0.3) is 5.91 Å². The van der Waals surface area contributed by atoms with E-state index in [1.165, 1.54) is 6.07 Å². The molecule has 0 saturated heterocycles. The Labute approximate surface area is 157 Å². The number of carbonyl (C=O) groups is 1. The molecule has 0 spiro atoms. The van der Waals surface area contributed by atoms with Crippen molar-refractivity contribution < 1.29 is 18.0 Å². The van der Waals surface area contributed by atoms with Crippen molar-refractivity contribution in [1.82, 2.24) is 4.90 Å². The minimum absolute atomic E-state index is 0. The summed E-state index contributed by atoms with van der Waals surface area (Å²) < 4.78 is 38.8. The van der Waals surface area contributed by atoms with Gasteiger partial charge in [-0.3, -0.25) is 4.79 Å². The number of halogens is 4. The van der Waals surface area contributed by atoms with E-state index in [9.17, 15) is 18.0 Å². The third-order valence-corrected chi connectivity index (χ3v) is 3.94. The topological polar surface area (TPSA) is 46.3 Å². The van der Waals surface area contributed by atoms with E-state index in [2.05, 4.69) is 0 Å². The normalized spacial score (nSPS) is 11.0. The summed E-state index contributed by atoms with van der Waals surface area (Å²) in [6.07, 6.45) is -4.11. The Hall–Kier alpha value is -2.21. The van der Waals surface area contributed by atoms with E-state index in [1.807, 2.05) is 31.2 Å². The van der Waals surface area contributed by atoms with Gasteiger partial charge in [0.2, 0.25) is 0 Å². The smallest absolute Gasteiger partial charge is 0.399 e.